The maximum atomic E-state index is 12.7. The van der Waals surface area contributed by atoms with E-state index < -0.39 is 17.3 Å². The van der Waals surface area contributed by atoms with Gasteiger partial charge < -0.3 is 14.9 Å². The number of carboxylic acids is 1. The van der Waals surface area contributed by atoms with Crippen molar-refractivity contribution in [1.29, 1.82) is 0 Å². The molecule has 2 saturated heterocycles. The number of likely N-dealkylation sites (tertiary alicyclic amines) is 2. The molecule has 25 heavy (non-hydrogen) atoms. The van der Waals surface area contributed by atoms with Crippen LogP contribution < -0.4 is 0 Å². The summed E-state index contributed by atoms with van der Waals surface area (Å²) in [4.78, 5) is 40.7. The predicted molar refractivity (Wildman–Crippen MR) is 90.6 cm³/mol. The van der Waals surface area contributed by atoms with Gasteiger partial charge in [-0.2, -0.15) is 0 Å². The van der Waals surface area contributed by atoms with Crippen molar-refractivity contribution in [2.24, 2.45) is 23.2 Å². The summed E-state index contributed by atoms with van der Waals surface area (Å²) < 4.78 is 0. The summed E-state index contributed by atoms with van der Waals surface area (Å²) in [6.45, 7) is 1.45. The predicted octanol–water partition coefficient (Wildman–Crippen LogP) is 1.74. The summed E-state index contributed by atoms with van der Waals surface area (Å²) in [5, 5.41) is 9.84. The molecule has 4 fully saturated rings. The molecule has 2 atom stereocenters. The number of hydrogen-bond donors (Lipinski definition) is 1. The summed E-state index contributed by atoms with van der Waals surface area (Å²) >= 11 is 0. The van der Waals surface area contributed by atoms with Crippen LogP contribution in [0.25, 0.3) is 0 Å². The number of carboxylic acid groups (broad SMARTS) is 1. The first-order chi connectivity index (χ1) is 12.0. The molecule has 0 aromatic rings. The number of nitrogens with zero attached hydrogens (tertiary/aromatic N) is 2. The van der Waals surface area contributed by atoms with Gasteiger partial charge in [-0.1, -0.05) is 25.7 Å². The molecule has 138 valence electrons. The van der Waals surface area contributed by atoms with Crippen LogP contribution in [0.5, 0.6) is 0 Å². The van der Waals surface area contributed by atoms with Crippen molar-refractivity contribution in [1.82, 2.24) is 9.80 Å². The molecular formula is C19H28N2O4. The van der Waals surface area contributed by atoms with E-state index in [1.165, 1.54) is 25.7 Å². The molecule has 2 heterocycles. The highest BCUT2D eigenvalue weighted by Gasteiger charge is 2.63. The van der Waals surface area contributed by atoms with E-state index in [1.54, 1.807) is 9.80 Å². The van der Waals surface area contributed by atoms with Crippen LogP contribution in [0.15, 0.2) is 0 Å². The Hall–Kier alpha value is -1.59. The highest BCUT2D eigenvalue weighted by molar-refractivity contribution is 5.94. The molecule has 2 aliphatic carbocycles. The highest BCUT2D eigenvalue weighted by atomic mass is 16.4. The third-order valence-corrected chi connectivity index (χ3v) is 6.82. The molecule has 2 aliphatic heterocycles. The van der Waals surface area contributed by atoms with Gasteiger partial charge in [0.25, 0.3) is 0 Å². The van der Waals surface area contributed by atoms with Crippen LogP contribution in [0.1, 0.15) is 51.4 Å². The lowest BCUT2D eigenvalue weighted by molar-refractivity contribution is -0.150. The van der Waals surface area contributed by atoms with Gasteiger partial charge in [0.1, 0.15) is 5.41 Å². The van der Waals surface area contributed by atoms with Crippen molar-refractivity contribution in [3.05, 3.63) is 0 Å². The molecule has 2 amide bonds. The number of amides is 2. The molecule has 6 heteroatoms. The number of carbonyl (C=O) groups is 3. The van der Waals surface area contributed by atoms with Crippen LogP contribution in [0.4, 0.5) is 0 Å². The Kier molecular flexibility index (Phi) is 4.24. The third-order valence-electron chi connectivity index (χ3n) is 6.82. The quantitative estimate of drug-likeness (QED) is 0.793. The second kappa shape index (κ2) is 6.29. The number of aliphatic carboxylic acids is 1. The number of rotatable bonds is 6. The normalized spacial score (nSPS) is 32.5. The van der Waals surface area contributed by atoms with E-state index >= 15 is 0 Å². The molecule has 1 N–H and O–H groups in total. The Morgan fingerprint density at radius 3 is 2.40 bits per heavy atom. The Labute approximate surface area is 148 Å². The zero-order valence-electron chi connectivity index (χ0n) is 14.8. The van der Waals surface area contributed by atoms with Gasteiger partial charge in [0, 0.05) is 32.6 Å². The van der Waals surface area contributed by atoms with Gasteiger partial charge in [0.2, 0.25) is 11.8 Å². The average molecular weight is 348 g/mol. The van der Waals surface area contributed by atoms with Crippen molar-refractivity contribution >= 4 is 17.8 Å². The lowest BCUT2D eigenvalue weighted by atomic mass is 9.81. The molecule has 0 spiro atoms. The van der Waals surface area contributed by atoms with Gasteiger partial charge in [0.15, 0.2) is 0 Å². The van der Waals surface area contributed by atoms with Crippen LogP contribution in [-0.4, -0.2) is 58.9 Å². The van der Waals surface area contributed by atoms with E-state index in [1.807, 2.05) is 0 Å². The maximum Gasteiger partial charge on any atom is 0.314 e. The molecule has 0 aromatic carbocycles. The van der Waals surface area contributed by atoms with Crippen LogP contribution in [-0.2, 0) is 14.4 Å². The van der Waals surface area contributed by atoms with E-state index in [0.29, 0.717) is 24.8 Å². The van der Waals surface area contributed by atoms with Crippen molar-refractivity contribution in [2.45, 2.75) is 51.4 Å². The van der Waals surface area contributed by atoms with Gasteiger partial charge in [-0.05, 0) is 31.1 Å². The number of carbonyl (C=O) groups excluding carboxylic acids is 2. The molecule has 0 unspecified atom stereocenters. The van der Waals surface area contributed by atoms with Crippen LogP contribution >= 0.6 is 0 Å². The summed E-state index contributed by atoms with van der Waals surface area (Å²) in [6.07, 6.45) is 8.62. The van der Waals surface area contributed by atoms with E-state index in [4.69, 9.17) is 0 Å². The van der Waals surface area contributed by atoms with Gasteiger partial charge in [0.05, 0.1) is 5.92 Å². The molecule has 4 aliphatic rings. The molecular weight excluding hydrogens is 320 g/mol. The SMILES string of the molecule is O=C(CCC1CCCC1)N1C[C@H]2C(=O)N(CC3CC3)C[C@@]2(C(=O)O)C1. The van der Waals surface area contributed by atoms with Crippen LogP contribution in [0, 0.1) is 23.2 Å². The Bertz CT molecular complexity index is 582. The Morgan fingerprint density at radius 1 is 1.08 bits per heavy atom. The molecule has 0 radical (unpaired) electrons. The van der Waals surface area contributed by atoms with E-state index in [9.17, 15) is 19.5 Å². The molecule has 4 rings (SSSR count). The molecule has 6 nitrogen and oxygen atoms in total. The standard InChI is InChI=1S/C19H28N2O4/c22-16(8-7-13-3-1-2-4-13)20-10-15-17(23)21(9-14-5-6-14)12-19(15,11-20)18(24)25/h13-15H,1-12H2,(H,24,25)/t15-,19-/m0/s1. The van der Waals surface area contributed by atoms with Crippen molar-refractivity contribution in [3.63, 3.8) is 0 Å². The minimum atomic E-state index is -1.09. The fourth-order valence-corrected chi connectivity index (χ4v) is 5.05. The smallest absolute Gasteiger partial charge is 0.314 e. The summed E-state index contributed by atoms with van der Waals surface area (Å²) in [5.74, 6) is -0.300. The zero-order valence-corrected chi connectivity index (χ0v) is 14.8. The third kappa shape index (κ3) is 3.04. The summed E-state index contributed by atoms with van der Waals surface area (Å²) in [5.41, 5.74) is -1.09. The minimum Gasteiger partial charge on any atom is -0.481 e. The van der Waals surface area contributed by atoms with Gasteiger partial charge >= 0.3 is 5.97 Å². The van der Waals surface area contributed by atoms with E-state index in [2.05, 4.69) is 0 Å². The second-order valence-corrected chi connectivity index (χ2v) is 8.64. The maximum absolute atomic E-state index is 12.7. The van der Waals surface area contributed by atoms with Gasteiger partial charge in [-0.25, -0.2) is 0 Å². The fraction of sp³-hybridized carbons (Fsp3) is 0.842. The van der Waals surface area contributed by atoms with Crippen molar-refractivity contribution in [2.75, 3.05) is 26.2 Å². The first kappa shape index (κ1) is 16.9. The summed E-state index contributed by atoms with van der Waals surface area (Å²) in [6, 6.07) is 0. The topological polar surface area (TPSA) is 77.9 Å². The first-order valence-electron chi connectivity index (χ1n) is 9.79. The molecule has 2 saturated carbocycles. The molecule has 0 bridgehead atoms. The Balaban J connectivity index is 1.40. The van der Waals surface area contributed by atoms with Gasteiger partial charge in [-0.15, -0.1) is 0 Å². The van der Waals surface area contributed by atoms with E-state index in [-0.39, 0.29) is 31.4 Å². The monoisotopic (exact) mass is 348 g/mol. The minimum absolute atomic E-state index is 0.0310. The first-order valence-corrected chi connectivity index (χ1v) is 9.79. The highest BCUT2D eigenvalue weighted by Crippen LogP contribution is 2.45. The van der Waals surface area contributed by atoms with Crippen molar-refractivity contribution < 1.29 is 19.5 Å². The molecule has 0 aromatic heterocycles. The summed E-state index contributed by atoms with van der Waals surface area (Å²) in [7, 11) is 0. The largest absolute Gasteiger partial charge is 0.481 e. The number of hydrogen-bond acceptors (Lipinski definition) is 3. The fourth-order valence-electron chi connectivity index (χ4n) is 5.05. The zero-order chi connectivity index (χ0) is 17.6. The van der Waals surface area contributed by atoms with Crippen LogP contribution in [0.2, 0.25) is 0 Å². The Morgan fingerprint density at radius 2 is 1.80 bits per heavy atom. The average Bonchev–Trinajstić information content (AvgIpc) is 3.00. The lowest BCUT2D eigenvalue weighted by Gasteiger charge is -2.25. The van der Waals surface area contributed by atoms with E-state index in [0.717, 1.165) is 19.3 Å². The van der Waals surface area contributed by atoms with Crippen LogP contribution in [0.3, 0.4) is 0 Å². The van der Waals surface area contributed by atoms with Gasteiger partial charge in [-0.3, -0.25) is 14.4 Å². The van der Waals surface area contributed by atoms with Crippen molar-refractivity contribution in [3.8, 4) is 0 Å². The number of fused-ring (bicyclic) bond motifs is 1. The second-order valence-electron chi connectivity index (χ2n) is 8.64. The lowest BCUT2D eigenvalue weighted by Crippen LogP contribution is -2.42.